The molecule has 0 radical (unpaired) electrons. The number of imide groups is 1. The van der Waals surface area contributed by atoms with Crippen molar-refractivity contribution in [3.05, 3.63) is 59.7 Å². The van der Waals surface area contributed by atoms with Crippen molar-refractivity contribution in [1.82, 2.24) is 9.80 Å². The number of rotatable bonds is 6. The maximum absolute atomic E-state index is 13.9. The van der Waals surface area contributed by atoms with Crippen LogP contribution in [0.4, 0.5) is 0 Å². The summed E-state index contributed by atoms with van der Waals surface area (Å²) in [5.74, 6) is 0.655. The number of hydrogen-bond acceptors (Lipinski definition) is 5. The quantitative estimate of drug-likeness (QED) is 0.611. The number of likely N-dealkylation sites (tertiary alicyclic amines) is 2. The van der Waals surface area contributed by atoms with Crippen LogP contribution in [0.3, 0.4) is 0 Å². The highest BCUT2D eigenvalue weighted by atomic mass is 16.7. The first-order chi connectivity index (χ1) is 16.5. The standard InChI is InChI=1S/C27H30N2O5/c1-2-21-10-6-7-13-28(21)24(30)15-27(20-8-4-3-5-9-20)16-25(31)29(26(27)32)17-19-11-12-22-23(14-19)34-18-33-22/h3-5,8-9,11-12,14,21H,2,6-7,10,13,15-18H2,1H3/t21-,27-/m0/s1. The first-order valence-corrected chi connectivity index (χ1v) is 12.1. The smallest absolute Gasteiger partial charge is 0.241 e. The van der Waals surface area contributed by atoms with E-state index in [1.807, 2.05) is 41.3 Å². The van der Waals surface area contributed by atoms with Gasteiger partial charge in [-0.15, -0.1) is 0 Å². The van der Waals surface area contributed by atoms with Crippen LogP contribution in [0.1, 0.15) is 56.6 Å². The largest absolute Gasteiger partial charge is 0.454 e. The van der Waals surface area contributed by atoms with Gasteiger partial charge in [0.2, 0.25) is 24.5 Å². The van der Waals surface area contributed by atoms with Crippen molar-refractivity contribution in [3.63, 3.8) is 0 Å². The molecule has 0 unspecified atom stereocenters. The summed E-state index contributed by atoms with van der Waals surface area (Å²) in [6, 6.07) is 14.9. The Kier molecular flexibility index (Phi) is 6.02. The number of piperidine rings is 1. The number of nitrogens with zero attached hydrogens (tertiary/aromatic N) is 2. The van der Waals surface area contributed by atoms with Crippen molar-refractivity contribution < 1.29 is 23.9 Å². The van der Waals surface area contributed by atoms with Crippen LogP contribution >= 0.6 is 0 Å². The number of ether oxygens (including phenoxy) is 2. The highest BCUT2D eigenvalue weighted by molar-refractivity contribution is 6.10. The Morgan fingerprint density at radius 1 is 1.06 bits per heavy atom. The van der Waals surface area contributed by atoms with Gasteiger partial charge in [-0.25, -0.2) is 0 Å². The molecule has 3 aliphatic heterocycles. The topological polar surface area (TPSA) is 76.2 Å². The van der Waals surface area contributed by atoms with Gasteiger partial charge in [0.25, 0.3) is 0 Å². The van der Waals surface area contributed by atoms with E-state index in [9.17, 15) is 14.4 Å². The Bertz CT molecular complexity index is 1100. The van der Waals surface area contributed by atoms with Crippen LogP contribution in [-0.4, -0.2) is 46.9 Å². The van der Waals surface area contributed by atoms with E-state index in [1.165, 1.54) is 4.90 Å². The Morgan fingerprint density at radius 3 is 2.65 bits per heavy atom. The second kappa shape index (κ2) is 9.12. The van der Waals surface area contributed by atoms with Crippen LogP contribution < -0.4 is 9.47 Å². The van der Waals surface area contributed by atoms with Crippen LogP contribution in [0.25, 0.3) is 0 Å². The van der Waals surface area contributed by atoms with Gasteiger partial charge in [-0.3, -0.25) is 19.3 Å². The highest BCUT2D eigenvalue weighted by Crippen LogP contribution is 2.42. The number of benzene rings is 2. The molecule has 7 nitrogen and oxygen atoms in total. The average Bonchev–Trinajstić information content (AvgIpc) is 3.43. The van der Waals surface area contributed by atoms with Gasteiger partial charge >= 0.3 is 0 Å². The Labute approximate surface area is 199 Å². The lowest BCUT2D eigenvalue weighted by Crippen LogP contribution is -2.48. The molecule has 7 heteroatoms. The van der Waals surface area contributed by atoms with Gasteiger partial charge in [0.1, 0.15) is 0 Å². The van der Waals surface area contributed by atoms with Crippen molar-refractivity contribution in [2.24, 2.45) is 0 Å². The van der Waals surface area contributed by atoms with Crippen molar-refractivity contribution in [1.29, 1.82) is 0 Å². The Hall–Kier alpha value is -3.35. The summed E-state index contributed by atoms with van der Waals surface area (Å²) >= 11 is 0. The zero-order chi connectivity index (χ0) is 23.7. The first kappa shape index (κ1) is 22.4. The molecular formula is C27H30N2O5. The Balaban J connectivity index is 1.44. The van der Waals surface area contributed by atoms with Crippen molar-refractivity contribution in [2.45, 2.75) is 63.5 Å². The number of carbonyl (C=O) groups is 3. The molecule has 0 spiro atoms. The zero-order valence-electron chi connectivity index (χ0n) is 19.5. The van der Waals surface area contributed by atoms with Crippen molar-refractivity contribution in [3.8, 4) is 11.5 Å². The molecule has 2 aromatic carbocycles. The molecule has 34 heavy (non-hydrogen) atoms. The van der Waals surface area contributed by atoms with Gasteiger partial charge in [0.15, 0.2) is 11.5 Å². The van der Waals surface area contributed by atoms with Crippen LogP contribution in [-0.2, 0) is 26.3 Å². The highest BCUT2D eigenvalue weighted by Gasteiger charge is 2.54. The summed E-state index contributed by atoms with van der Waals surface area (Å²) in [4.78, 5) is 43.9. The number of hydrogen-bond donors (Lipinski definition) is 0. The third kappa shape index (κ3) is 3.93. The van der Waals surface area contributed by atoms with Gasteiger partial charge in [-0.1, -0.05) is 43.3 Å². The SMILES string of the molecule is CC[C@H]1CCCCN1C(=O)C[C@@]1(c2ccccc2)CC(=O)N(Cc2ccc3c(c2)OCO3)C1=O. The molecule has 2 saturated heterocycles. The van der Waals surface area contributed by atoms with E-state index in [1.54, 1.807) is 12.1 Å². The summed E-state index contributed by atoms with van der Waals surface area (Å²) < 4.78 is 10.8. The van der Waals surface area contributed by atoms with Gasteiger partial charge in [0.05, 0.1) is 12.0 Å². The second-order valence-electron chi connectivity index (χ2n) is 9.42. The van der Waals surface area contributed by atoms with Gasteiger partial charge < -0.3 is 14.4 Å². The van der Waals surface area contributed by atoms with Crippen LogP contribution in [0.15, 0.2) is 48.5 Å². The van der Waals surface area contributed by atoms with Gasteiger partial charge in [0, 0.05) is 25.4 Å². The molecule has 178 valence electrons. The molecule has 0 N–H and O–H groups in total. The van der Waals surface area contributed by atoms with E-state index in [2.05, 4.69) is 6.92 Å². The summed E-state index contributed by atoms with van der Waals surface area (Å²) in [6.07, 6.45) is 3.99. The van der Waals surface area contributed by atoms with Gasteiger partial charge in [-0.2, -0.15) is 0 Å². The molecule has 3 amide bonds. The number of amides is 3. The summed E-state index contributed by atoms with van der Waals surface area (Å²) in [7, 11) is 0. The predicted octanol–water partition coefficient (Wildman–Crippen LogP) is 3.79. The zero-order valence-corrected chi connectivity index (χ0v) is 19.5. The van der Waals surface area contributed by atoms with Gasteiger partial charge in [-0.05, 0) is 48.9 Å². The molecule has 2 atom stereocenters. The summed E-state index contributed by atoms with van der Waals surface area (Å²) in [6.45, 7) is 3.11. The van der Waals surface area contributed by atoms with Crippen LogP contribution in [0.2, 0.25) is 0 Å². The molecular weight excluding hydrogens is 432 g/mol. The van der Waals surface area contributed by atoms with E-state index in [4.69, 9.17) is 9.47 Å². The lowest BCUT2D eigenvalue weighted by Gasteiger charge is -2.37. The first-order valence-electron chi connectivity index (χ1n) is 12.1. The molecule has 0 aromatic heterocycles. The van der Waals surface area contributed by atoms with Crippen LogP contribution in [0.5, 0.6) is 11.5 Å². The molecule has 2 fully saturated rings. The fourth-order valence-electron chi connectivity index (χ4n) is 5.52. The molecule has 5 rings (SSSR count). The minimum absolute atomic E-state index is 0.00320. The monoisotopic (exact) mass is 462 g/mol. The average molecular weight is 463 g/mol. The predicted molar refractivity (Wildman–Crippen MR) is 125 cm³/mol. The van der Waals surface area contributed by atoms with Crippen LogP contribution in [0, 0.1) is 0 Å². The van der Waals surface area contributed by atoms with Crippen molar-refractivity contribution >= 4 is 17.7 Å². The fraction of sp³-hybridized carbons (Fsp3) is 0.444. The minimum atomic E-state index is -1.18. The third-order valence-corrected chi connectivity index (χ3v) is 7.38. The maximum atomic E-state index is 13.9. The van der Waals surface area contributed by atoms with Crippen molar-refractivity contribution in [2.75, 3.05) is 13.3 Å². The maximum Gasteiger partial charge on any atom is 0.241 e. The minimum Gasteiger partial charge on any atom is -0.454 e. The van der Waals surface area contributed by atoms with E-state index in [0.29, 0.717) is 18.0 Å². The number of fused-ring (bicyclic) bond motifs is 1. The fourth-order valence-corrected chi connectivity index (χ4v) is 5.52. The molecule has 3 heterocycles. The molecule has 0 aliphatic carbocycles. The van der Waals surface area contributed by atoms with E-state index >= 15 is 0 Å². The molecule has 0 bridgehead atoms. The summed E-state index contributed by atoms with van der Waals surface area (Å²) in [5, 5.41) is 0. The summed E-state index contributed by atoms with van der Waals surface area (Å²) in [5.41, 5.74) is 0.324. The lowest BCUT2D eigenvalue weighted by molar-refractivity contribution is -0.144. The molecule has 3 aliphatic rings. The second-order valence-corrected chi connectivity index (χ2v) is 9.42. The number of carbonyl (C=O) groups excluding carboxylic acids is 3. The van der Waals surface area contributed by atoms with E-state index in [-0.39, 0.29) is 49.9 Å². The van der Waals surface area contributed by atoms with E-state index < -0.39 is 5.41 Å². The molecule has 2 aromatic rings. The van der Waals surface area contributed by atoms with E-state index in [0.717, 1.165) is 36.8 Å². The lowest BCUT2D eigenvalue weighted by atomic mass is 9.75. The molecule has 0 saturated carbocycles. The normalized spacial score (nSPS) is 24.1. The Morgan fingerprint density at radius 2 is 1.85 bits per heavy atom. The third-order valence-electron chi connectivity index (χ3n) is 7.38.